The van der Waals surface area contributed by atoms with Crippen molar-refractivity contribution in [3.63, 3.8) is 0 Å². The Bertz CT molecular complexity index is 641. The maximum Gasteiger partial charge on any atom is 0.217 e. The Morgan fingerprint density at radius 2 is 2.10 bits per heavy atom. The molecule has 2 rings (SSSR count). The number of hydrogen-bond acceptors (Lipinski definition) is 4. The smallest absolute Gasteiger partial charge is 0.217 e. The first-order chi connectivity index (χ1) is 9.55. The number of hydrogen-bond donors (Lipinski definition) is 0. The molecule has 1 aromatic carbocycles. The zero-order chi connectivity index (χ0) is 14.7. The van der Waals surface area contributed by atoms with E-state index in [4.69, 9.17) is 21.1 Å². The minimum atomic E-state index is 0.0289. The second-order valence-electron chi connectivity index (χ2n) is 4.67. The van der Waals surface area contributed by atoms with Crippen LogP contribution >= 0.6 is 11.6 Å². The van der Waals surface area contributed by atoms with Gasteiger partial charge in [0.1, 0.15) is 12.0 Å². The van der Waals surface area contributed by atoms with E-state index in [9.17, 15) is 4.79 Å². The molecule has 0 atom stereocenters. The van der Waals surface area contributed by atoms with Gasteiger partial charge in [-0.2, -0.15) is 0 Å². The van der Waals surface area contributed by atoms with Gasteiger partial charge in [-0.15, -0.1) is 0 Å². The van der Waals surface area contributed by atoms with Gasteiger partial charge in [0.2, 0.25) is 5.88 Å². The second kappa shape index (κ2) is 6.09. The van der Waals surface area contributed by atoms with Crippen molar-refractivity contribution in [2.45, 2.75) is 26.4 Å². The van der Waals surface area contributed by atoms with Crippen LogP contribution in [0.15, 0.2) is 18.2 Å². The van der Waals surface area contributed by atoms with Crippen LogP contribution < -0.4 is 9.47 Å². The lowest BCUT2D eigenvalue weighted by molar-refractivity contribution is -0.107. The minimum absolute atomic E-state index is 0.0289. The zero-order valence-corrected chi connectivity index (χ0v) is 12.4. The number of ether oxygens (including phenoxy) is 2. The van der Waals surface area contributed by atoms with E-state index >= 15 is 0 Å². The van der Waals surface area contributed by atoms with Crippen LogP contribution in [-0.2, 0) is 11.2 Å². The summed E-state index contributed by atoms with van der Waals surface area (Å²) >= 11 is 6.20. The van der Waals surface area contributed by atoms with E-state index in [0.717, 1.165) is 22.8 Å². The molecule has 1 heterocycles. The molecule has 5 heteroatoms. The van der Waals surface area contributed by atoms with Crippen molar-refractivity contribution in [1.29, 1.82) is 0 Å². The topological polar surface area (TPSA) is 48.4 Å². The van der Waals surface area contributed by atoms with Crippen LogP contribution in [0.4, 0.5) is 0 Å². The van der Waals surface area contributed by atoms with Crippen LogP contribution in [0.1, 0.15) is 19.4 Å². The molecule has 106 valence electrons. The van der Waals surface area contributed by atoms with Gasteiger partial charge in [-0.25, -0.2) is 4.98 Å². The summed E-state index contributed by atoms with van der Waals surface area (Å²) in [6, 6.07) is 5.43. The zero-order valence-electron chi connectivity index (χ0n) is 11.6. The summed E-state index contributed by atoms with van der Waals surface area (Å²) in [7, 11) is 1.53. The fraction of sp³-hybridized carbons (Fsp3) is 0.333. The molecular weight excluding hydrogens is 278 g/mol. The highest BCUT2D eigenvalue weighted by Gasteiger charge is 2.11. The maximum absolute atomic E-state index is 10.7. The number of aromatic nitrogens is 1. The molecular formula is C15H16ClNO3. The second-order valence-corrected chi connectivity index (χ2v) is 5.08. The van der Waals surface area contributed by atoms with Gasteiger partial charge in [-0.05, 0) is 26.0 Å². The van der Waals surface area contributed by atoms with Crippen LogP contribution in [0.3, 0.4) is 0 Å². The SMILES string of the molecule is COc1nc2cc(OC(C)C)c(Cl)cc2cc1CC=O. The number of rotatable bonds is 5. The lowest BCUT2D eigenvalue weighted by Gasteiger charge is -2.13. The summed E-state index contributed by atoms with van der Waals surface area (Å²) in [6.45, 7) is 3.86. The maximum atomic E-state index is 10.7. The summed E-state index contributed by atoms with van der Waals surface area (Å²) in [6.07, 6.45) is 1.11. The number of carbonyl (C=O) groups is 1. The van der Waals surface area contributed by atoms with E-state index in [1.807, 2.05) is 19.9 Å². The lowest BCUT2D eigenvalue weighted by Crippen LogP contribution is -2.06. The highest BCUT2D eigenvalue weighted by molar-refractivity contribution is 6.32. The van der Waals surface area contributed by atoms with E-state index in [1.165, 1.54) is 7.11 Å². The Morgan fingerprint density at radius 1 is 1.35 bits per heavy atom. The van der Waals surface area contributed by atoms with Crippen molar-refractivity contribution in [2.24, 2.45) is 0 Å². The predicted octanol–water partition coefficient (Wildman–Crippen LogP) is 3.43. The Balaban J connectivity index is 2.57. The van der Waals surface area contributed by atoms with Gasteiger partial charge in [-0.3, -0.25) is 0 Å². The van der Waals surface area contributed by atoms with Crippen molar-refractivity contribution in [3.8, 4) is 11.6 Å². The first-order valence-electron chi connectivity index (χ1n) is 6.32. The Kier molecular flexibility index (Phi) is 4.45. The summed E-state index contributed by atoms with van der Waals surface area (Å²) in [5.41, 5.74) is 1.46. The van der Waals surface area contributed by atoms with E-state index in [-0.39, 0.29) is 12.5 Å². The van der Waals surface area contributed by atoms with Crippen LogP contribution in [0.2, 0.25) is 5.02 Å². The molecule has 0 radical (unpaired) electrons. The van der Waals surface area contributed by atoms with Crippen LogP contribution in [0.25, 0.3) is 10.9 Å². The molecule has 0 unspecified atom stereocenters. The van der Waals surface area contributed by atoms with Crippen molar-refractivity contribution in [1.82, 2.24) is 4.98 Å². The first-order valence-corrected chi connectivity index (χ1v) is 6.70. The van der Waals surface area contributed by atoms with Gasteiger partial charge in [0.05, 0.1) is 23.8 Å². The van der Waals surface area contributed by atoms with Gasteiger partial charge in [0, 0.05) is 23.4 Å². The first kappa shape index (κ1) is 14.6. The highest BCUT2D eigenvalue weighted by atomic mass is 35.5. The van der Waals surface area contributed by atoms with Gasteiger partial charge in [0.25, 0.3) is 0 Å². The molecule has 0 saturated heterocycles. The average molecular weight is 294 g/mol. The average Bonchev–Trinajstić information content (AvgIpc) is 2.39. The number of carbonyl (C=O) groups excluding carboxylic acids is 1. The molecule has 0 N–H and O–H groups in total. The third kappa shape index (κ3) is 3.02. The van der Waals surface area contributed by atoms with Crippen LogP contribution in [0.5, 0.6) is 11.6 Å². The molecule has 0 aliphatic carbocycles. The van der Waals surface area contributed by atoms with Gasteiger partial charge in [0.15, 0.2) is 0 Å². The standard InChI is InChI=1S/C15H16ClNO3/c1-9(2)20-14-8-13-11(7-12(14)16)6-10(4-5-18)15(17-13)19-3/h5-9H,4H2,1-3H3. The molecule has 2 aromatic rings. The fourth-order valence-electron chi connectivity index (χ4n) is 1.96. The number of pyridine rings is 1. The molecule has 0 aliphatic heterocycles. The van der Waals surface area contributed by atoms with Crippen molar-refractivity contribution >= 4 is 28.8 Å². The molecule has 4 nitrogen and oxygen atoms in total. The highest BCUT2D eigenvalue weighted by Crippen LogP contribution is 2.32. The molecule has 0 bridgehead atoms. The van der Waals surface area contributed by atoms with Crippen molar-refractivity contribution < 1.29 is 14.3 Å². The van der Waals surface area contributed by atoms with Crippen LogP contribution in [-0.4, -0.2) is 24.5 Å². The van der Waals surface area contributed by atoms with Gasteiger partial charge < -0.3 is 14.3 Å². The molecule has 0 saturated carbocycles. The Hall–Kier alpha value is -1.81. The van der Waals surface area contributed by atoms with Gasteiger partial charge in [-0.1, -0.05) is 11.6 Å². The fourth-order valence-corrected chi connectivity index (χ4v) is 2.17. The minimum Gasteiger partial charge on any atom is -0.489 e. The molecule has 0 aliphatic rings. The third-order valence-corrected chi connectivity index (χ3v) is 3.06. The van der Waals surface area contributed by atoms with E-state index in [0.29, 0.717) is 16.7 Å². The van der Waals surface area contributed by atoms with E-state index in [1.54, 1.807) is 12.1 Å². The number of benzene rings is 1. The van der Waals surface area contributed by atoms with E-state index in [2.05, 4.69) is 4.98 Å². The monoisotopic (exact) mass is 293 g/mol. The lowest BCUT2D eigenvalue weighted by atomic mass is 10.1. The molecule has 20 heavy (non-hydrogen) atoms. The largest absolute Gasteiger partial charge is 0.489 e. The number of aldehydes is 1. The quantitative estimate of drug-likeness (QED) is 0.793. The number of methoxy groups -OCH3 is 1. The predicted molar refractivity (Wildman–Crippen MR) is 78.8 cm³/mol. The number of fused-ring (bicyclic) bond motifs is 1. The van der Waals surface area contributed by atoms with Gasteiger partial charge >= 0.3 is 0 Å². The summed E-state index contributed by atoms with van der Waals surface area (Å²) in [5, 5.41) is 1.37. The number of nitrogens with zero attached hydrogens (tertiary/aromatic N) is 1. The molecule has 1 aromatic heterocycles. The molecule has 0 spiro atoms. The number of halogens is 1. The normalized spacial score (nSPS) is 10.8. The Labute approximate surface area is 122 Å². The van der Waals surface area contributed by atoms with Crippen LogP contribution in [0, 0.1) is 0 Å². The summed E-state index contributed by atoms with van der Waals surface area (Å²) in [4.78, 5) is 15.1. The van der Waals surface area contributed by atoms with Crippen molar-refractivity contribution in [2.75, 3.05) is 7.11 Å². The molecule has 0 amide bonds. The molecule has 0 fully saturated rings. The van der Waals surface area contributed by atoms with Crippen molar-refractivity contribution in [3.05, 3.63) is 28.8 Å². The Morgan fingerprint density at radius 3 is 2.70 bits per heavy atom. The van der Waals surface area contributed by atoms with E-state index < -0.39 is 0 Å². The summed E-state index contributed by atoms with van der Waals surface area (Å²) < 4.78 is 10.8. The summed E-state index contributed by atoms with van der Waals surface area (Å²) in [5.74, 6) is 1.04. The third-order valence-electron chi connectivity index (χ3n) is 2.77.